The Morgan fingerprint density at radius 3 is 1.85 bits per heavy atom. The van der Waals surface area contributed by atoms with Crippen LogP contribution in [0.15, 0.2) is 120 Å². The Kier molecular flexibility index (Phi) is 6.66. The van der Waals surface area contributed by atoms with Crippen molar-refractivity contribution >= 4 is 33.4 Å². The lowest BCUT2D eigenvalue weighted by Gasteiger charge is -2.09. The SMILES string of the molecule is O=C(/C=C/c1ccc(NS(=O)(=O)c2ccc(-c3ccccc3)cc2)cc1)Nc1ccccc1. The molecule has 2 N–H and O–H groups in total. The first kappa shape index (κ1) is 22.0. The molecule has 5 nitrogen and oxygen atoms in total. The van der Waals surface area contributed by atoms with E-state index in [1.54, 1.807) is 54.6 Å². The third kappa shape index (κ3) is 5.96. The average molecular weight is 455 g/mol. The number of hydrogen-bond donors (Lipinski definition) is 2. The minimum atomic E-state index is -3.72. The molecular formula is C27H22N2O3S. The van der Waals surface area contributed by atoms with Crippen molar-refractivity contribution in [2.45, 2.75) is 4.90 Å². The summed E-state index contributed by atoms with van der Waals surface area (Å²) in [6.07, 6.45) is 3.10. The third-order valence-corrected chi connectivity index (χ3v) is 6.30. The van der Waals surface area contributed by atoms with Gasteiger partial charge in [0.1, 0.15) is 0 Å². The van der Waals surface area contributed by atoms with Crippen LogP contribution in [0.5, 0.6) is 0 Å². The number of nitrogens with one attached hydrogen (secondary N) is 2. The zero-order valence-electron chi connectivity index (χ0n) is 17.7. The van der Waals surface area contributed by atoms with E-state index in [-0.39, 0.29) is 10.8 Å². The van der Waals surface area contributed by atoms with Crippen LogP contribution in [-0.2, 0) is 14.8 Å². The van der Waals surface area contributed by atoms with E-state index in [0.29, 0.717) is 11.4 Å². The summed E-state index contributed by atoms with van der Waals surface area (Å²) >= 11 is 0. The molecule has 0 aromatic heterocycles. The molecule has 4 aromatic rings. The Hall–Kier alpha value is -4.16. The fourth-order valence-corrected chi connectivity index (χ4v) is 4.27. The molecule has 6 heteroatoms. The molecule has 0 aliphatic heterocycles. The number of para-hydroxylation sites is 1. The molecule has 0 bridgehead atoms. The maximum atomic E-state index is 12.7. The van der Waals surface area contributed by atoms with Crippen LogP contribution < -0.4 is 10.0 Å². The second kappa shape index (κ2) is 9.97. The highest BCUT2D eigenvalue weighted by atomic mass is 32.2. The molecule has 0 atom stereocenters. The number of amides is 1. The largest absolute Gasteiger partial charge is 0.323 e. The van der Waals surface area contributed by atoms with Crippen LogP contribution in [-0.4, -0.2) is 14.3 Å². The number of benzene rings is 4. The van der Waals surface area contributed by atoms with Gasteiger partial charge in [0.15, 0.2) is 0 Å². The van der Waals surface area contributed by atoms with Gasteiger partial charge in [0, 0.05) is 17.5 Å². The summed E-state index contributed by atoms with van der Waals surface area (Å²) in [6, 6.07) is 32.5. The van der Waals surface area contributed by atoms with Crippen LogP contribution in [0.1, 0.15) is 5.56 Å². The fraction of sp³-hybridized carbons (Fsp3) is 0. The summed E-state index contributed by atoms with van der Waals surface area (Å²) in [4.78, 5) is 12.2. The van der Waals surface area contributed by atoms with E-state index < -0.39 is 10.0 Å². The van der Waals surface area contributed by atoms with Crippen molar-refractivity contribution in [1.82, 2.24) is 0 Å². The molecule has 4 rings (SSSR count). The molecule has 0 radical (unpaired) electrons. The van der Waals surface area contributed by atoms with Crippen LogP contribution in [0.3, 0.4) is 0 Å². The van der Waals surface area contributed by atoms with Gasteiger partial charge in [-0.2, -0.15) is 0 Å². The lowest BCUT2D eigenvalue weighted by Crippen LogP contribution is -2.12. The standard InChI is InChI=1S/C27H22N2O3S/c30-27(28-24-9-5-2-6-10-24)20-13-21-11-16-25(17-12-21)29-33(31,32)26-18-14-23(15-19-26)22-7-3-1-4-8-22/h1-20,29H,(H,28,30)/b20-13+. The topological polar surface area (TPSA) is 75.3 Å². The lowest BCUT2D eigenvalue weighted by molar-refractivity contribution is -0.111. The molecule has 0 unspecified atom stereocenters. The maximum absolute atomic E-state index is 12.7. The van der Waals surface area contributed by atoms with Gasteiger partial charge in [-0.05, 0) is 59.2 Å². The van der Waals surface area contributed by atoms with E-state index >= 15 is 0 Å². The van der Waals surface area contributed by atoms with Crippen molar-refractivity contribution in [2.75, 3.05) is 10.0 Å². The molecule has 0 saturated carbocycles. The Bertz CT molecular complexity index is 1350. The zero-order valence-corrected chi connectivity index (χ0v) is 18.5. The van der Waals surface area contributed by atoms with Crippen molar-refractivity contribution in [3.63, 3.8) is 0 Å². The van der Waals surface area contributed by atoms with Gasteiger partial charge in [-0.15, -0.1) is 0 Å². The summed E-state index contributed by atoms with van der Waals surface area (Å²) < 4.78 is 28.1. The molecule has 0 saturated heterocycles. The molecule has 0 fully saturated rings. The highest BCUT2D eigenvalue weighted by Crippen LogP contribution is 2.22. The minimum Gasteiger partial charge on any atom is -0.323 e. The first-order valence-corrected chi connectivity index (χ1v) is 11.8. The van der Waals surface area contributed by atoms with Gasteiger partial charge in [-0.3, -0.25) is 9.52 Å². The van der Waals surface area contributed by atoms with Gasteiger partial charge in [-0.1, -0.05) is 72.8 Å². The van der Waals surface area contributed by atoms with Crippen LogP contribution in [0, 0.1) is 0 Å². The molecule has 1 amide bonds. The van der Waals surface area contributed by atoms with Gasteiger partial charge in [0.2, 0.25) is 5.91 Å². The summed E-state index contributed by atoms with van der Waals surface area (Å²) in [6.45, 7) is 0. The van der Waals surface area contributed by atoms with Crippen LogP contribution in [0.25, 0.3) is 17.2 Å². The van der Waals surface area contributed by atoms with Crippen LogP contribution >= 0.6 is 0 Å². The maximum Gasteiger partial charge on any atom is 0.261 e. The number of hydrogen-bond acceptors (Lipinski definition) is 3. The first-order chi connectivity index (χ1) is 16.0. The van der Waals surface area contributed by atoms with E-state index in [1.165, 1.54) is 6.08 Å². The van der Waals surface area contributed by atoms with E-state index in [2.05, 4.69) is 10.0 Å². The Balaban J connectivity index is 1.39. The van der Waals surface area contributed by atoms with Crippen LogP contribution in [0.2, 0.25) is 0 Å². The number of anilines is 2. The summed E-state index contributed by atoms with van der Waals surface area (Å²) in [5, 5.41) is 2.77. The predicted octanol–water partition coefficient (Wildman–Crippen LogP) is 5.81. The Morgan fingerprint density at radius 2 is 1.21 bits per heavy atom. The second-order valence-electron chi connectivity index (χ2n) is 7.31. The second-order valence-corrected chi connectivity index (χ2v) is 8.99. The average Bonchev–Trinajstić information content (AvgIpc) is 2.85. The van der Waals surface area contributed by atoms with Crippen molar-refractivity contribution < 1.29 is 13.2 Å². The van der Waals surface area contributed by atoms with Crippen molar-refractivity contribution in [2.24, 2.45) is 0 Å². The zero-order chi connectivity index (χ0) is 23.1. The van der Waals surface area contributed by atoms with E-state index in [9.17, 15) is 13.2 Å². The highest BCUT2D eigenvalue weighted by molar-refractivity contribution is 7.92. The van der Waals surface area contributed by atoms with Gasteiger partial charge in [0.25, 0.3) is 10.0 Å². The predicted molar refractivity (Wildman–Crippen MR) is 133 cm³/mol. The summed E-state index contributed by atoms with van der Waals surface area (Å²) in [7, 11) is -3.72. The van der Waals surface area contributed by atoms with Crippen molar-refractivity contribution in [1.29, 1.82) is 0 Å². The van der Waals surface area contributed by atoms with E-state index in [1.807, 2.05) is 60.7 Å². The van der Waals surface area contributed by atoms with Crippen molar-refractivity contribution in [3.05, 3.63) is 121 Å². The normalized spacial score (nSPS) is 11.3. The van der Waals surface area contributed by atoms with Gasteiger partial charge in [0.05, 0.1) is 4.90 Å². The van der Waals surface area contributed by atoms with Crippen molar-refractivity contribution in [3.8, 4) is 11.1 Å². The molecule has 0 aliphatic rings. The quantitative estimate of drug-likeness (QED) is 0.346. The number of carbonyl (C=O) groups excluding carboxylic acids is 1. The number of sulfonamides is 1. The highest BCUT2D eigenvalue weighted by Gasteiger charge is 2.14. The molecule has 164 valence electrons. The van der Waals surface area contributed by atoms with E-state index in [0.717, 1.165) is 16.7 Å². The minimum absolute atomic E-state index is 0.184. The van der Waals surface area contributed by atoms with Crippen LogP contribution in [0.4, 0.5) is 11.4 Å². The smallest absolute Gasteiger partial charge is 0.261 e. The molecular weight excluding hydrogens is 432 g/mol. The number of rotatable bonds is 7. The summed E-state index contributed by atoms with van der Waals surface area (Å²) in [5.74, 6) is -0.245. The van der Waals surface area contributed by atoms with Gasteiger partial charge in [-0.25, -0.2) is 8.42 Å². The lowest BCUT2D eigenvalue weighted by atomic mass is 10.1. The monoisotopic (exact) mass is 454 g/mol. The third-order valence-electron chi connectivity index (χ3n) is 4.90. The van der Waals surface area contributed by atoms with Gasteiger partial charge < -0.3 is 5.32 Å². The first-order valence-electron chi connectivity index (χ1n) is 10.3. The Morgan fingerprint density at radius 1 is 0.636 bits per heavy atom. The molecule has 0 aliphatic carbocycles. The molecule has 0 spiro atoms. The Labute approximate surface area is 193 Å². The molecule has 4 aromatic carbocycles. The summed E-state index contributed by atoms with van der Waals surface area (Å²) in [5.41, 5.74) is 3.90. The fourth-order valence-electron chi connectivity index (χ4n) is 3.21. The van der Waals surface area contributed by atoms with E-state index in [4.69, 9.17) is 0 Å². The molecule has 33 heavy (non-hydrogen) atoms. The number of carbonyl (C=O) groups is 1. The molecule has 0 heterocycles. The van der Waals surface area contributed by atoms with Gasteiger partial charge >= 0.3 is 0 Å².